The largest absolute Gasteiger partial charge is 0.478 e. The van der Waals surface area contributed by atoms with Crippen LogP contribution in [0.3, 0.4) is 0 Å². The molecule has 1 aromatic heterocycles. The van der Waals surface area contributed by atoms with Crippen LogP contribution in [0.25, 0.3) is 0 Å². The molecule has 2 rings (SSSR count). The van der Waals surface area contributed by atoms with Crippen LogP contribution in [0.1, 0.15) is 37.8 Å². The Morgan fingerprint density at radius 3 is 2.50 bits per heavy atom. The minimum atomic E-state index is -0.944. The summed E-state index contributed by atoms with van der Waals surface area (Å²) in [4.78, 5) is 22.2. The maximum Gasteiger partial charge on any atom is 0.341 e. The molecule has 0 aliphatic carbocycles. The molecular weight excluding hydrogens is 286 g/mol. The molecule has 0 unspecified atom stereocenters. The average Bonchev–Trinajstić information content (AvgIpc) is 2.88. The molecule has 22 heavy (non-hydrogen) atoms. The van der Waals surface area contributed by atoms with E-state index in [2.05, 4.69) is 10.1 Å². The maximum absolute atomic E-state index is 11.5. The number of hydrogen-bond acceptors (Lipinski definition) is 5. The molecule has 2 N–H and O–H groups in total. The number of aryl methyl sites for hydroxylation is 1. The summed E-state index contributed by atoms with van der Waals surface area (Å²) < 4.78 is 10.2. The van der Waals surface area contributed by atoms with Crippen LogP contribution >= 0.6 is 0 Å². The van der Waals surface area contributed by atoms with Crippen molar-refractivity contribution in [2.24, 2.45) is 0 Å². The third-order valence-corrected chi connectivity index (χ3v) is 3.20. The van der Waals surface area contributed by atoms with E-state index in [-0.39, 0.29) is 5.56 Å². The molecule has 0 aliphatic heterocycles. The normalized spacial score (nSPS) is 10.5. The fraction of sp³-hybridized carbons (Fsp3) is 0.250. The highest BCUT2D eigenvalue weighted by molar-refractivity contribution is 5.90. The van der Waals surface area contributed by atoms with Crippen molar-refractivity contribution in [1.29, 1.82) is 0 Å². The molecule has 0 aliphatic rings. The highest BCUT2D eigenvalue weighted by atomic mass is 16.5. The lowest BCUT2D eigenvalue weighted by atomic mass is 10.1. The lowest BCUT2D eigenvalue weighted by molar-refractivity contribution is 0.0598. The first kappa shape index (κ1) is 15.8. The number of furan rings is 1. The average molecular weight is 303 g/mol. The second-order valence-electron chi connectivity index (χ2n) is 4.78. The number of carbonyl (C=O) groups is 2. The van der Waals surface area contributed by atoms with Crippen LogP contribution < -0.4 is 5.32 Å². The Morgan fingerprint density at radius 2 is 1.91 bits per heavy atom. The molecule has 6 heteroatoms. The molecule has 0 fully saturated rings. The van der Waals surface area contributed by atoms with Crippen molar-refractivity contribution in [2.45, 2.75) is 20.0 Å². The van der Waals surface area contributed by atoms with Gasteiger partial charge in [-0.05, 0) is 30.7 Å². The number of nitrogens with one attached hydrogen (secondary N) is 1. The smallest absolute Gasteiger partial charge is 0.341 e. The van der Waals surface area contributed by atoms with E-state index in [0.717, 1.165) is 5.56 Å². The number of aromatic carboxylic acids is 1. The van der Waals surface area contributed by atoms with Crippen molar-refractivity contribution in [3.63, 3.8) is 0 Å². The second-order valence-corrected chi connectivity index (χ2v) is 4.78. The van der Waals surface area contributed by atoms with E-state index in [9.17, 15) is 9.59 Å². The van der Waals surface area contributed by atoms with Crippen molar-refractivity contribution >= 4 is 11.9 Å². The zero-order valence-electron chi connectivity index (χ0n) is 12.4. The van der Waals surface area contributed by atoms with E-state index >= 15 is 0 Å². The van der Waals surface area contributed by atoms with Gasteiger partial charge in [-0.2, -0.15) is 0 Å². The second kappa shape index (κ2) is 6.91. The highest BCUT2D eigenvalue weighted by Gasteiger charge is 2.14. The number of carboxylic acid groups (broad SMARTS) is 1. The summed E-state index contributed by atoms with van der Waals surface area (Å²) in [5, 5.41) is 12.0. The highest BCUT2D eigenvalue weighted by Crippen LogP contribution is 2.15. The Kier molecular flexibility index (Phi) is 4.95. The van der Waals surface area contributed by atoms with Gasteiger partial charge in [-0.25, -0.2) is 9.59 Å². The monoisotopic (exact) mass is 303 g/mol. The summed E-state index contributed by atoms with van der Waals surface area (Å²) in [6, 6.07) is 8.28. The third kappa shape index (κ3) is 3.73. The summed E-state index contributed by atoms with van der Waals surface area (Å²) in [6.45, 7) is 2.73. The van der Waals surface area contributed by atoms with Crippen LogP contribution in [-0.2, 0) is 17.8 Å². The molecule has 0 atom stereocenters. The molecule has 1 heterocycles. The molecule has 0 amide bonds. The zero-order chi connectivity index (χ0) is 16.1. The van der Waals surface area contributed by atoms with Crippen molar-refractivity contribution in [1.82, 2.24) is 5.32 Å². The number of carboxylic acids is 1. The summed E-state index contributed by atoms with van der Waals surface area (Å²) in [5.41, 5.74) is 1.64. The zero-order valence-corrected chi connectivity index (χ0v) is 12.4. The minimum absolute atomic E-state index is 0.258. The van der Waals surface area contributed by atoms with Gasteiger partial charge in [0, 0.05) is 6.54 Å². The Hall–Kier alpha value is -2.60. The fourth-order valence-corrected chi connectivity index (χ4v) is 2.04. The molecule has 1 aromatic carbocycles. The molecule has 2 aromatic rings. The quantitative estimate of drug-likeness (QED) is 0.796. The van der Waals surface area contributed by atoms with Gasteiger partial charge in [0.05, 0.1) is 19.2 Å². The van der Waals surface area contributed by atoms with Gasteiger partial charge in [-0.3, -0.25) is 0 Å². The van der Waals surface area contributed by atoms with Gasteiger partial charge in [-0.15, -0.1) is 0 Å². The molecule has 0 spiro atoms. The number of esters is 1. The number of ether oxygens (including phenoxy) is 1. The van der Waals surface area contributed by atoms with Gasteiger partial charge < -0.3 is 19.6 Å². The van der Waals surface area contributed by atoms with E-state index in [0.29, 0.717) is 30.2 Å². The van der Waals surface area contributed by atoms with E-state index in [1.807, 2.05) is 0 Å². The summed E-state index contributed by atoms with van der Waals surface area (Å²) in [6.07, 6.45) is 0. The first-order chi connectivity index (χ1) is 10.5. The van der Waals surface area contributed by atoms with Crippen LogP contribution in [0, 0.1) is 6.92 Å². The molecule has 116 valence electrons. The van der Waals surface area contributed by atoms with Gasteiger partial charge in [0.15, 0.2) is 0 Å². The fourth-order valence-electron chi connectivity index (χ4n) is 2.04. The van der Waals surface area contributed by atoms with Crippen LogP contribution in [0.15, 0.2) is 34.7 Å². The van der Waals surface area contributed by atoms with E-state index in [4.69, 9.17) is 9.52 Å². The van der Waals surface area contributed by atoms with Crippen LogP contribution in [-0.4, -0.2) is 24.2 Å². The van der Waals surface area contributed by atoms with Crippen LogP contribution in [0.2, 0.25) is 0 Å². The molecule has 6 nitrogen and oxygen atoms in total. The summed E-state index contributed by atoms with van der Waals surface area (Å²) in [7, 11) is 1.33. The van der Waals surface area contributed by atoms with Gasteiger partial charge in [0.2, 0.25) is 0 Å². The van der Waals surface area contributed by atoms with Gasteiger partial charge in [-0.1, -0.05) is 12.1 Å². The first-order valence-electron chi connectivity index (χ1n) is 6.72. The van der Waals surface area contributed by atoms with Crippen molar-refractivity contribution in [3.8, 4) is 0 Å². The number of rotatable bonds is 6. The SMILES string of the molecule is COC(=O)c1cc(CNCc2ccc(C(=O)O)cc2)oc1C. The number of carbonyl (C=O) groups excluding carboxylic acids is 1. The first-order valence-corrected chi connectivity index (χ1v) is 6.72. The van der Waals surface area contributed by atoms with Crippen LogP contribution in [0.4, 0.5) is 0 Å². The van der Waals surface area contributed by atoms with Crippen molar-refractivity contribution in [2.75, 3.05) is 7.11 Å². The Morgan fingerprint density at radius 1 is 1.23 bits per heavy atom. The van der Waals surface area contributed by atoms with Gasteiger partial charge in [0.25, 0.3) is 0 Å². The van der Waals surface area contributed by atoms with Gasteiger partial charge >= 0.3 is 11.9 Å². The number of methoxy groups -OCH3 is 1. The third-order valence-electron chi connectivity index (χ3n) is 3.20. The standard InChI is InChI=1S/C16H17NO5/c1-10-14(16(20)21-2)7-13(22-10)9-17-8-11-3-5-12(6-4-11)15(18)19/h3-7,17H,8-9H2,1-2H3,(H,18,19). The maximum atomic E-state index is 11.5. The Labute approximate surface area is 127 Å². The molecule has 0 bridgehead atoms. The van der Waals surface area contributed by atoms with E-state index in [1.54, 1.807) is 37.3 Å². The van der Waals surface area contributed by atoms with E-state index in [1.165, 1.54) is 7.11 Å². The molecular formula is C16H17NO5. The van der Waals surface area contributed by atoms with E-state index < -0.39 is 11.9 Å². The molecule has 0 saturated carbocycles. The number of hydrogen-bond donors (Lipinski definition) is 2. The van der Waals surface area contributed by atoms with Crippen molar-refractivity contribution in [3.05, 3.63) is 58.5 Å². The van der Waals surface area contributed by atoms with Gasteiger partial charge in [0.1, 0.15) is 17.1 Å². The van der Waals surface area contributed by atoms with Crippen molar-refractivity contribution < 1.29 is 23.8 Å². The van der Waals surface area contributed by atoms with Crippen LogP contribution in [0.5, 0.6) is 0 Å². The molecule has 0 radical (unpaired) electrons. The summed E-state index contributed by atoms with van der Waals surface area (Å²) in [5.74, 6) is -0.202. The predicted molar refractivity (Wildman–Crippen MR) is 78.7 cm³/mol. The Bertz CT molecular complexity index is 672. The molecule has 0 saturated heterocycles. The predicted octanol–water partition coefficient (Wildman–Crippen LogP) is 2.36. The topological polar surface area (TPSA) is 88.8 Å². The summed E-state index contributed by atoms with van der Waals surface area (Å²) >= 11 is 0. The lowest BCUT2D eigenvalue weighted by Crippen LogP contribution is -2.12. The lowest BCUT2D eigenvalue weighted by Gasteiger charge is -2.03. The number of benzene rings is 1. The Balaban J connectivity index is 1.91. The minimum Gasteiger partial charge on any atom is -0.478 e.